The fourth-order valence-electron chi connectivity index (χ4n) is 7.19. The second-order valence-electron chi connectivity index (χ2n) is 18.2. The van der Waals surface area contributed by atoms with Gasteiger partial charge in [0.15, 0.2) is 0 Å². The molecule has 364 valence electrons. The minimum atomic E-state index is -3.69. The summed E-state index contributed by atoms with van der Waals surface area (Å²) in [5, 5.41) is 9.26. The van der Waals surface area contributed by atoms with Gasteiger partial charge in [0.2, 0.25) is 0 Å². The van der Waals surface area contributed by atoms with E-state index in [1.165, 1.54) is 97.0 Å². The van der Waals surface area contributed by atoms with Gasteiger partial charge in [0, 0.05) is 18.3 Å². The highest BCUT2D eigenvalue weighted by atomic mass is 32.2. The van der Waals surface area contributed by atoms with Crippen LogP contribution in [0.15, 0.2) is 30.3 Å². The molecule has 10 nitrogen and oxygen atoms in total. The van der Waals surface area contributed by atoms with Gasteiger partial charge in [0.1, 0.15) is 19.8 Å². The Balaban J connectivity index is 0.00000123. The molecule has 0 amide bonds. The smallest absolute Gasteiger partial charge is 0.466 e. The molecule has 0 radical (unpaired) electrons. The van der Waals surface area contributed by atoms with Crippen LogP contribution < -0.4 is 0 Å². The Hall–Kier alpha value is -1.84. The lowest BCUT2D eigenvalue weighted by atomic mass is 9.83. The van der Waals surface area contributed by atoms with Gasteiger partial charge in [-0.05, 0) is 44.6 Å². The first-order chi connectivity index (χ1) is 30.0. The molecule has 0 aliphatic rings. The Kier molecular flexibility index (Phi) is 35.2. The topological polar surface area (TPSA) is 121 Å². The molecular weight excluding hydrogens is 852 g/mol. The summed E-state index contributed by atoms with van der Waals surface area (Å²) in [5.74, 6) is -0.883. The van der Waals surface area contributed by atoms with Gasteiger partial charge in [-0.2, -0.15) is 5.26 Å². The lowest BCUT2D eigenvalue weighted by Crippen LogP contribution is -2.39. The number of carbonyl (C=O) groups is 2. The lowest BCUT2D eigenvalue weighted by Gasteiger charge is -2.36. The van der Waals surface area contributed by atoms with Crippen molar-refractivity contribution >= 4 is 47.9 Å². The van der Waals surface area contributed by atoms with Gasteiger partial charge in [0.25, 0.3) is 0 Å². The zero-order chi connectivity index (χ0) is 47.5. The fraction of sp³-hybridized carbons (Fsp3) is 0.800. The largest absolute Gasteiger partial charge is 0.474 e. The maximum absolute atomic E-state index is 12.8. The van der Waals surface area contributed by atoms with Crippen molar-refractivity contribution in [2.45, 2.75) is 188 Å². The first-order valence-corrected chi connectivity index (χ1v) is 27.0. The number of benzene rings is 1. The van der Waals surface area contributed by atoms with E-state index in [1.54, 1.807) is 11.8 Å². The van der Waals surface area contributed by atoms with Crippen LogP contribution >= 0.6 is 31.8 Å². The molecule has 0 saturated carbocycles. The van der Waals surface area contributed by atoms with Gasteiger partial charge in [-0.3, -0.25) is 23.2 Å². The van der Waals surface area contributed by atoms with Crippen LogP contribution in [0.1, 0.15) is 188 Å². The Bertz CT molecular complexity index is 1430. The number of nitrogens with zero attached hydrogens (tertiary/aromatic N) is 2. The third-order valence-corrected chi connectivity index (χ3v) is 15.4. The lowest BCUT2D eigenvalue weighted by molar-refractivity contribution is -0.870. The number of nitriles is 1. The molecule has 0 fully saturated rings. The zero-order valence-electron chi connectivity index (χ0n) is 41.5. The highest BCUT2D eigenvalue weighted by molar-refractivity contribution is 8.24. The van der Waals surface area contributed by atoms with Gasteiger partial charge in [0.05, 0.1) is 56.0 Å². The number of thioether (sulfide) groups is 1. The predicted octanol–water partition coefficient (Wildman–Crippen LogP) is 14.2. The van der Waals surface area contributed by atoms with Crippen LogP contribution in [0.4, 0.5) is 0 Å². The van der Waals surface area contributed by atoms with Crippen molar-refractivity contribution in [3.63, 3.8) is 0 Å². The molecule has 1 rings (SSSR count). The Morgan fingerprint density at radius 3 is 1.71 bits per heavy atom. The number of esters is 2. The summed E-state index contributed by atoms with van der Waals surface area (Å²) < 4.78 is 39.9. The van der Waals surface area contributed by atoms with Crippen molar-refractivity contribution in [2.24, 2.45) is 11.3 Å². The standard InChI is InChI=1S/C27H51NO2.C23H39NO6PS2/c1-4-6-7-8-9-10-11-12-13-14-15-16-17-18-19-20-24-30-26(29)21-23-27(3,25-28)22-5-2;1-8-23(9-2,33-22(32)20-13-11-10-12-14-20)19(3)21(25)28-17-18-30-31(26,27-7)29-16-15-24(4,5)6/h4-24H2,1-3H3;10-14,19H,8-9,15-18H2,1-7H3/q;+1. The van der Waals surface area contributed by atoms with E-state index in [0.29, 0.717) is 30.5 Å². The van der Waals surface area contributed by atoms with Crippen LogP contribution in [0.3, 0.4) is 0 Å². The molecule has 1 aromatic rings. The quantitative estimate of drug-likeness (QED) is 0.0208. The number of hydrogen-bond donors (Lipinski definition) is 0. The van der Waals surface area contributed by atoms with Crippen molar-refractivity contribution in [1.29, 1.82) is 5.26 Å². The van der Waals surface area contributed by atoms with Crippen molar-refractivity contribution in [3.8, 4) is 6.07 Å². The Morgan fingerprint density at radius 2 is 1.25 bits per heavy atom. The number of phosphoric ester groups is 1. The van der Waals surface area contributed by atoms with Crippen molar-refractivity contribution in [2.75, 3.05) is 61.2 Å². The number of carbonyl (C=O) groups excluding carboxylic acids is 2. The minimum absolute atomic E-state index is 0.0491. The molecule has 0 heterocycles. The third kappa shape index (κ3) is 30.1. The fourth-order valence-corrected chi connectivity index (χ4v) is 9.90. The Morgan fingerprint density at radius 1 is 0.746 bits per heavy atom. The first kappa shape index (κ1) is 61.2. The normalized spacial score (nSPS) is 14.0. The molecule has 0 saturated heterocycles. The average Bonchev–Trinajstić information content (AvgIpc) is 3.27. The minimum Gasteiger partial charge on any atom is -0.466 e. The van der Waals surface area contributed by atoms with Crippen molar-refractivity contribution in [3.05, 3.63) is 35.9 Å². The molecular formula is C50H90N2O8PS2+. The number of phosphoric acid groups is 1. The van der Waals surface area contributed by atoms with Gasteiger partial charge >= 0.3 is 19.8 Å². The third-order valence-electron chi connectivity index (χ3n) is 11.7. The van der Waals surface area contributed by atoms with Crippen LogP contribution in [0.25, 0.3) is 0 Å². The molecule has 0 N–H and O–H groups in total. The predicted molar refractivity (Wildman–Crippen MR) is 267 cm³/mol. The molecule has 0 aliphatic carbocycles. The van der Waals surface area contributed by atoms with E-state index >= 15 is 0 Å². The number of unbranched alkanes of at least 4 members (excludes halogenated alkanes) is 15. The van der Waals surface area contributed by atoms with Crippen LogP contribution in [-0.4, -0.2) is 86.6 Å². The van der Waals surface area contributed by atoms with E-state index < -0.39 is 13.7 Å². The van der Waals surface area contributed by atoms with Gasteiger partial charge in [-0.25, -0.2) is 4.57 Å². The molecule has 0 aromatic heterocycles. The van der Waals surface area contributed by atoms with Gasteiger partial charge in [-0.1, -0.05) is 180 Å². The monoisotopic (exact) mass is 942 g/mol. The summed E-state index contributed by atoms with van der Waals surface area (Å²) in [6, 6.07) is 12.1. The summed E-state index contributed by atoms with van der Waals surface area (Å²) in [6.07, 6.45) is 25.8. The second kappa shape index (κ2) is 36.3. The van der Waals surface area contributed by atoms with E-state index in [-0.39, 0.29) is 41.9 Å². The summed E-state index contributed by atoms with van der Waals surface area (Å²) >= 11 is 7.21. The molecule has 3 unspecified atom stereocenters. The van der Waals surface area contributed by atoms with Crippen LogP contribution in [0, 0.1) is 22.7 Å². The van der Waals surface area contributed by atoms with Crippen LogP contribution in [-0.2, 0) is 37.2 Å². The SMILES string of the molecule is CCC(CC)(SC(=S)c1ccccc1)C(C)C(=O)OCCOP(=O)(OC)OCC[N+](C)(C)C.CCCCCCCCCCCCCCCCCCOC(=O)CCC(C)(C#N)CCC. The molecule has 1 aromatic carbocycles. The number of hydrogen-bond acceptors (Lipinski definition) is 11. The summed E-state index contributed by atoms with van der Waals surface area (Å²) in [7, 11) is 3.58. The molecule has 3 atom stereocenters. The highest BCUT2D eigenvalue weighted by Gasteiger charge is 2.40. The first-order valence-electron chi connectivity index (χ1n) is 24.3. The van der Waals surface area contributed by atoms with Gasteiger partial charge in [-0.15, -0.1) is 11.8 Å². The molecule has 0 aliphatic heterocycles. The molecule has 0 spiro atoms. The average molecular weight is 942 g/mol. The van der Waals surface area contributed by atoms with Crippen LogP contribution in [0.5, 0.6) is 0 Å². The number of quaternary nitrogens is 1. The number of ether oxygens (including phenoxy) is 2. The maximum atomic E-state index is 12.8. The molecule has 13 heteroatoms. The van der Waals surface area contributed by atoms with E-state index in [2.05, 4.69) is 33.8 Å². The second-order valence-corrected chi connectivity index (χ2v) is 22.0. The van der Waals surface area contributed by atoms with E-state index in [0.717, 1.165) is 48.3 Å². The van der Waals surface area contributed by atoms with Gasteiger partial charge < -0.3 is 14.0 Å². The summed E-state index contributed by atoms with van der Waals surface area (Å²) in [6.45, 7) is 13.5. The zero-order valence-corrected chi connectivity index (χ0v) is 44.0. The number of likely N-dealkylation sites (N-methyl/N-ethyl adjacent to an activating group) is 1. The highest BCUT2D eigenvalue weighted by Crippen LogP contribution is 2.48. The van der Waals surface area contributed by atoms with Crippen LogP contribution in [0.2, 0.25) is 0 Å². The maximum Gasteiger partial charge on any atom is 0.474 e. The van der Waals surface area contributed by atoms with E-state index in [4.69, 9.17) is 35.3 Å². The Labute approximate surface area is 395 Å². The van der Waals surface area contributed by atoms with E-state index in [9.17, 15) is 19.4 Å². The summed E-state index contributed by atoms with van der Waals surface area (Å²) in [4.78, 5) is 24.7. The number of thiocarbonyl (C=S) groups is 1. The molecule has 0 bridgehead atoms. The number of rotatable bonds is 37. The molecule has 63 heavy (non-hydrogen) atoms. The van der Waals surface area contributed by atoms with E-state index in [1.807, 2.05) is 65.3 Å². The van der Waals surface area contributed by atoms with Crippen molar-refractivity contribution < 1.29 is 41.7 Å². The summed E-state index contributed by atoms with van der Waals surface area (Å²) in [5.41, 5.74) is 0.584. The van der Waals surface area contributed by atoms with Crippen molar-refractivity contribution in [1.82, 2.24) is 0 Å².